The Kier molecular flexibility index (Phi) is 9.93. The number of unbranched alkanes of at least 4 members (excludes halogenated alkanes) is 4. The molecule has 0 spiro atoms. The smallest absolute Gasteiger partial charge is 0.0162 e. The minimum absolute atomic E-state index is 0.599. The summed E-state index contributed by atoms with van der Waals surface area (Å²) < 4.78 is 0. The standard InChI is InChI=1S/C35H52/c1-4-6-8-10-28-11-13-29(14-12-28)30-15-17-31(18-16-30)32-19-21-33(22-20-32)34-23-26-35(3,27-24-34)25-9-7-5-2/h15-22,28-29,34H,4-14,23-27H2,1-3H3. The van der Waals surface area contributed by atoms with Crippen molar-refractivity contribution in [1.82, 2.24) is 0 Å². The van der Waals surface area contributed by atoms with Gasteiger partial charge in [-0.2, -0.15) is 0 Å². The van der Waals surface area contributed by atoms with Gasteiger partial charge in [0.05, 0.1) is 0 Å². The van der Waals surface area contributed by atoms with E-state index in [0.717, 1.165) is 17.8 Å². The molecule has 0 radical (unpaired) electrons. The van der Waals surface area contributed by atoms with Crippen LogP contribution in [0.25, 0.3) is 11.1 Å². The molecule has 0 heterocycles. The van der Waals surface area contributed by atoms with Crippen LogP contribution in [0, 0.1) is 11.3 Å². The normalized spacial score (nSPS) is 27.1. The molecule has 0 atom stereocenters. The minimum atomic E-state index is 0.599. The van der Waals surface area contributed by atoms with Crippen LogP contribution in [0.3, 0.4) is 0 Å². The zero-order valence-corrected chi connectivity index (χ0v) is 23.2. The fourth-order valence-corrected chi connectivity index (χ4v) is 7.06. The molecule has 0 aromatic heterocycles. The molecule has 2 aromatic carbocycles. The molecule has 0 nitrogen and oxygen atoms in total. The lowest BCUT2D eigenvalue weighted by Gasteiger charge is -2.38. The Morgan fingerprint density at radius 3 is 1.60 bits per heavy atom. The van der Waals surface area contributed by atoms with Crippen molar-refractivity contribution in [2.45, 2.75) is 135 Å². The Hall–Kier alpha value is -1.56. The van der Waals surface area contributed by atoms with E-state index in [1.165, 1.54) is 114 Å². The van der Waals surface area contributed by atoms with Crippen molar-refractivity contribution in [3.05, 3.63) is 59.7 Å². The highest BCUT2D eigenvalue weighted by atomic mass is 14.4. The first kappa shape index (κ1) is 26.5. The molecule has 2 aliphatic rings. The summed E-state index contributed by atoms with van der Waals surface area (Å²) in [5.74, 6) is 2.55. The molecule has 0 N–H and O–H groups in total. The van der Waals surface area contributed by atoms with Crippen LogP contribution in [0.1, 0.15) is 146 Å². The molecule has 35 heavy (non-hydrogen) atoms. The zero-order valence-electron chi connectivity index (χ0n) is 23.2. The van der Waals surface area contributed by atoms with Crippen molar-refractivity contribution in [2.24, 2.45) is 11.3 Å². The monoisotopic (exact) mass is 472 g/mol. The topological polar surface area (TPSA) is 0 Å². The summed E-state index contributed by atoms with van der Waals surface area (Å²) in [7, 11) is 0. The van der Waals surface area contributed by atoms with Gasteiger partial charge in [0.25, 0.3) is 0 Å². The molecular formula is C35H52. The van der Waals surface area contributed by atoms with Crippen LogP contribution < -0.4 is 0 Å². The second-order valence-electron chi connectivity index (χ2n) is 12.5. The Morgan fingerprint density at radius 1 is 0.600 bits per heavy atom. The van der Waals surface area contributed by atoms with E-state index in [0.29, 0.717) is 5.41 Å². The maximum Gasteiger partial charge on any atom is -0.0162 e. The first-order valence-corrected chi connectivity index (χ1v) is 15.3. The van der Waals surface area contributed by atoms with E-state index in [9.17, 15) is 0 Å². The van der Waals surface area contributed by atoms with Gasteiger partial charge in [0.15, 0.2) is 0 Å². The molecule has 2 aromatic rings. The number of hydrogen-bond acceptors (Lipinski definition) is 0. The summed E-state index contributed by atoms with van der Waals surface area (Å²) in [5.41, 5.74) is 6.49. The van der Waals surface area contributed by atoms with Gasteiger partial charge in [-0.3, -0.25) is 0 Å². The Bertz CT molecular complexity index is 842. The van der Waals surface area contributed by atoms with Gasteiger partial charge in [-0.05, 0) is 103 Å². The summed E-state index contributed by atoms with van der Waals surface area (Å²) in [6.45, 7) is 7.18. The van der Waals surface area contributed by atoms with Crippen molar-refractivity contribution >= 4 is 0 Å². The van der Waals surface area contributed by atoms with Gasteiger partial charge in [-0.1, -0.05) is 114 Å². The number of hydrogen-bond donors (Lipinski definition) is 0. The van der Waals surface area contributed by atoms with Gasteiger partial charge in [-0.15, -0.1) is 0 Å². The Morgan fingerprint density at radius 2 is 1.09 bits per heavy atom. The highest BCUT2D eigenvalue weighted by molar-refractivity contribution is 5.64. The highest BCUT2D eigenvalue weighted by Crippen LogP contribution is 2.46. The van der Waals surface area contributed by atoms with Crippen molar-refractivity contribution in [2.75, 3.05) is 0 Å². The molecule has 2 fully saturated rings. The molecular weight excluding hydrogens is 420 g/mol. The molecule has 192 valence electrons. The van der Waals surface area contributed by atoms with E-state index in [1.807, 2.05) is 0 Å². The van der Waals surface area contributed by atoms with Gasteiger partial charge in [0.1, 0.15) is 0 Å². The average Bonchev–Trinajstić information content (AvgIpc) is 2.90. The molecule has 4 rings (SSSR count). The second-order valence-corrected chi connectivity index (χ2v) is 12.5. The van der Waals surface area contributed by atoms with E-state index in [2.05, 4.69) is 69.3 Å². The predicted octanol–water partition coefficient (Wildman–Crippen LogP) is 11.5. The lowest BCUT2D eigenvalue weighted by atomic mass is 9.68. The lowest BCUT2D eigenvalue weighted by Crippen LogP contribution is -2.23. The average molecular weight is 473 g/mol. The van der Waals surface area contributed by atoms with Crippen molar-refractivity contribution in [3.63, 3.8) is 0 Å². The maximum absolute atomic E-state index is 2.55. The third-order valence-corrected chi connectivity index (χ3v) is 9.74. The lowest BCUT2D eigenvalue weighted by molar-refractivity contribution is 0.178. The summed E-state index contributed by atoms with van der Waals surface area (Å²) in [6, 6.07) is 19.2. The first-order valence-electron chi connectivity index (χ1n) is 15.3. The second kappa shape index (κ2) is 13.1. The summed E-state index contributed by atoms with van der Waals surface area (Å²) in [5, 5.41) is 0. The van der Waals surface area contributed by atoms with Crippen LogP contribution in [0.5, 0.6) is 0 Å². The first-order chi connectivity index (χ1) is 17.1. The van der Waals surface area contributed by atoms with Gasteiger partial charge in [0, 0.05) is 0 Å². The molecule has 0 bridgehead atoms. The van der Waals surface area contributed by atoms with Crippen molar-refractivity contribution in [3.8, 4) is 11.1 Å². The zero-order chi connectivity index (χ0) is 24.5. The van der Waals surface area contributed by atoms with Crippen LogP contribution in [0.2, 0.25) is 0 Å². The van der Waals surface area contributed by atoms with Crippen molar-refractivity contribution in [1.29, 1.82) is 0 Å². The fraction of sp³-hybridized carbons (Fsp3) is 0.657. The van der Waals surface area contributed by atoms with E-state index in [1.54, 1.807) is 11.1 Å². The summed E-state index contributed by atoms with van der Waals surface area (Å²) >= 11 is 0. The van der Waals surface area contributed by atoms with Gasteiger partial charge >= 0.3 is 0 Å². The quantitative estimate of drug-likeness (QED) is 0.285. The third-order valence-electron chi connectivity index (χ3n) is 9.74. The van der Waals surface area contributed by atoms with Crippen LogP contribution in [-0.4, -0.2) is 0 Å². The Balaban J connectivity index is 1.27. The SMILES string of the molecule is CCCCCC1CCC(c2ccc(-c3ccc(C4CCC(C)(CCCCC)CC4)cc3)cc2)CC1. The fourth-order valence-electron chi connectivity index (χ4n) is 7.06. The van der Waals surface area contributed by atoms with Crippen LogP contribution in [0.4, 0.5) is 0 Å². The Labute approximate surface area is 217 Å². The van der Waals surface area contributed by atoms with E-state index < -0.39 is 0 Å². The largest absolute Gasteiger partial charge is 0.0654 e. The third kappa shape index (κ3) is 7.47. The van der Waals surface area contributed by atoms with Crippen LogP contribution in [-0.2, 0) is 0 Å². The summed E-state index contributed by atoms with van der Waals surface area (Å²) in [6.07, 6.45) is 22.5. The molecule has 0 saturated heterocycles. The molecule has 2 aliphatic carbocycles. The number of benzene rings is 2. The van der Waals surface area contributed by atoms with Gasteiger partial charge in [0.2, 0.25) is 0 Å². The van der Waals surface area contributed by atoms with Crippen LogP contribution in [0.15, 0.2) is 48.5 Å². The molecule has 0 unspecified atom stereocenters. The number of rotatable bonds is 11. The molecule has 0 heteroatoms. The van der Waals surface area contributed by atoms with Crippen LogP contribution >= 0.6 is 0 Å². The van der Waals surface area contributed by atoms with Gasteiger partial charge in [-0.25, -0.2) is 0 Å². The predicted molar refractivity (Wildman–Crippen MR) is 154 cm³/mol. The van der Waals surface area contributed by atoms with E-state index in [4.69, 9.17) is 0 Å². The van der Waals surface area contributed by atoms with Gasteiger partial charge < -0.3 is 0 Å². The van der Waals surface area contributed by atoms with Crippen molar-refractivity contribution < 1.29 is 0 Å². The molecule has 0 amide bonds. The van der Waals surface area contributed by atoms with E-state index >= 15 is 0 Å². The van der Waals surface area contributed by atoms with E-state index in [-0.39, 0.29) is 0 Å². The summed E-state index contributed by atoms with van der Waals surface area (Å²) in [4.78, 5) is 0. The highest BCUT2D eigenvalue weighted by Gasteiger charge is 2.31. The molecule has 2 saturated carbocycles. The minimum Gasteiger partial charge on any atom is -0.0654 e. The maximum atomic E-state index is 2.55. The molecule has 0 aliphatic heterocycles.